The van der Waals surface area contributed by atoms with Gasteiger partial charge in [-0.3, -0.25) is 4.99 Å². The Labute approximate surface area is 68.9 Å². The van der Waals surface area contributed by atoms with Crippen LogP contribution in [0.1, 0.15) is 13.8 Å². The van der Waals surface area contributed by atoms with E-state index in [0.29, 0.717) is 5.92 Å². The van der Waals surface area contributed by atoms with Crippen LogP contribution in [0.3, 0.4) is 0 Å². The van der Waals surface area contributed by atoms with E-state index in [2.05, 4.69) is 32.0 Å². The fourth-order valence-corrected chi connectivity index (χ4v) is 0.627. The Kier molecular flexibility index (Phi) is 5.09. The van der Waals surface area contributed by atoms with Gasteiger partial charge < -0.3 is 0 Å². The van der Waals surface area contributed by atoms with E-state index < -0.39 is 0 Å². The molecule has 0 spiro atoms. The zero-order valence-electron chi connectivity index (χ0n) is 7.25. The van der Waals surface area contributed by atoms with Crippen LogP contribution in [0.4, 0.5) is 0 Å². The second-order valence-corrected chi connectivity index (χ2v) is 2.52. The van der Waals surface area contributed by atoms with Gasteiger partial charge in [-0.2, -0.15) is 0 Å². The van der Waals surface area contributed by atoms with Gasteiger partial charge >= 0.3 is 0 Å². The molecule has 0 saturated carbocycles. The van der Waals surface area contributed by atoms with Gasteiger partial charge in [0.25, 0.3) is 0 Å². The summed E-state index contributed by atoms with van der Waals surface area (Å²) >= 11 is 0. The number of hydrogen-bond donors (Lipinski definition) is 0. The molecule has 0 aliphatic rings. The highest BCUT2D eigenvalue weighted by Gasteiger charge is 1.95. The molecule has 0 N–H and O–H groups in total. The molecule has 11 heavy (non-hydrogen) atoms. The fourth-order valence-electron chi connectivity index (χ4n) is 0.627. The average Bonchev–Trinajstić information content (AvgIpc) is 1.97. The molecule has 0 aromatic carbocycles. The molecule has 1 nitrogen and oxygen atoms in total. The Hall–Kier alpha value is -1.11. The first-order valence-corrected chi connectivity index (χ1v) is 3.69. The lowest BCUT2D eigenvalue weighted by Crippen LogP contribution is -1.88. The third-order valence-corrected chi connectivity index (χ3v) is 1.32. The normalized spacial score (nSPS) is 12.5. The number of aliphatic imine (C=N–C) groups is 1. The van der Waals surface area contributed by atoms with E-state index in [1.165, 1.54) is 0 Å². The maximum absolute atomic E-state index is 4.01. The lowest BCUT2D eigenvalue weighted by Gasteiger charge is -2.02. The molecule has 0 aromatic heterocycles. The van der Waals surface area contributed by atoms with Gasteiger partial charge in [-0.25, -0.2) is 0 Å². The molecule has 0 heterocycles. The maximum atomic E-state index is 4.01. The van der Waals surface area contributed by atoms with Crippen LogP contribution >= 0.6 is 0 Å². The summed E-state index contributed by atoms with van der Waals surface area (Å²) in [7, 11) is 0. The predicted octanol–water partition coefficient (Wildman–Crippen LogP) is 2.97. The van der Waals surface area contributed by atoms with Crippen molar-refractivity contribution in [3.05, 3.63) is 37.1 Å². The monoisotopic (exact) mass is 149 g/mol. The zero-order valence-corrected chi connectivity index (χ0v) is 7.25. The van der Waals surface area contributed by atoms with Crippen LogP contribution in [-0.4, -0.2) is 6.21 Å². The number of nitrogens with zero attached hydrogens (tertiary/aromatic N) is 1. The van der Waals surface area contributed by atoms with Crippen LogP contribution in [0, 0.1) is 5.92 Å². The molecule has 0 fully saturated rings. The number of hydrogen-bond acceptors (Lipinski definition) is 1. The van der Waals surface area contributed by atoms with Crippen molar-refractivity contribution in [3.63, 3.8) is 0 Å². The first-order chi connectivity index (χ1) is 5.22. The SMILES string of the molecule is C=CC=N/C=C(\C=C)C(C)C. The van der Waals surface area contributed by atoms with E-state index in [9.17, 15) is 0 Å². The predicted molar refractivity (Wildman–Crippen MR) is 51.8 cm³/mol. The Bertz CT molecular complexity index is 185. The second kappa shape index (κ2) is 5.66. The number of allylic oxidation sites excluding steroid dienone is 3. The summed E-state index contributed by atoms with van der Waals surface area (Å²) in [5.41, 5.74) is 1.14. The molecule has 0 atom stereocenters. The van der Waals surface area contributed by atoms with Crippen molar-refractivity contribution < 1.29 is 0 Å². The van der Waals surface area contributed by atoms with Crippen LogP contribution in [0.25, 0.3) is 0 Å². The highest BCUT2D eigenvalue weighted by molar-refractivity contribution is 5.70. The zero-order chi connectivity index (χ0) is 8.69. The van der Waals surface area contributed by atoms with E-state index >= 15 is 0 Å². The minimum Gasteiger partial charge on any atom is -0.264 e. The molecule has 0 unspecified atom stereocenters. The van der Waals surface area contributed by atoms with E-state index in [1.54, 1.807) is 18.5 Å². The smallest absolute Gasteiger partial charge is 0.0302 e. The van der Waals surface area contributed by atoms with Crippen molar-refractivity contribution in [2.24, 2.45) is 10.9 Å². The first-order valence-electron chi connectivity index (χ1n) is 3.69. The van der Waals surface area contributed by atoms with Gasteiger partial charge in [0.05, 0.1) is 0 Å². The third-order valence-electron chi connectivity index (χ3n) is 1.32. The minimum atomic E-state index is 0.481. The molecule has 1 heteroatoms. The van der Waals surface area contributed by atoms with Gasteiger partial charge in [0.1, 0.15) is 0 Å². The Balaban J connectivity index is 4.23. The topological polar surface area (TPSA) is 12.4 Å². The summed E-state index contributed by atoms with van der Waals surface area (Å²) in [6, 6.07) is 0. The molecule has 0 radical (unpaired) electrons. The van der Waals surface area contributed by atoms with Gasteiger partial charge in [-0.15, -0.1) is 0 Å². The summed E-state index contributed by atoms with van der Waals surface area (Å²) in [6.07, 6.45) is 6.94. The molecule has 0 bridgehead atoms. The Morgan fingerprint density at radius 2 is 2.00 bits per heavy atom. The van der Waals surface area contributed by atoms with Crippen molar-refractivity contribution in [1.82, 2.24) is 0 Å². The lowest BCUT2D eigenvalue weighted by molar-refractivity contribution is 0.789. The lowest BCUT2D eigenvalue weighted by atomic mass is 10.1. The van der Waals surface area contributed by atoms with E-state index in [-0.39, 0.29) is 0 Å². The maximum Gasteiger partial charge on any atom is 0.0302 e. The van der Waals surface area contributed by atoms with Gasteiger partial charge in [-0.05, 0) is 11.5 Å². The summed E-state index contributed by atoms with van der Waals surface area (Å²) in [5.74, 6) is 0.481. The molecule has 0 rings (SSSR count). The first kappa shape index (κ1) is 9.89. The minimum absolute atomic E-state index is 0.481. The highest BCUT2D eigenvalue weighted by Crippen LogP contribution is 2.09. The van der Waals surface area contributed by atoms with Crippen molar-refractivity contribution in [2.45, 2.75) is 13.8 Å². The van der Waals surface area contributed by atoms with Gasteiger partial charge in [0.15, 0.2) is 0 Å². The molecule has 0 amide bonds. The summed E-state index contributed by atoms with van der Waals surface area (Å²) < 4.78 is 0. The second-order valence-electron chi connectivity index (χ2n) is 2.52. The van der Waals surface area contributed by atoms with Gasteiger partial charge in [0, 0.05) is 12.4 Å². The fraction of sp³-hybridized carbons (Fsp3) is 0.300. The van der Waals surface area contributed by atoms with Crippen molar-refractivity contribution >= 4 is 6.21 Å². The molecule has 0 aliphatic heterocycles. The Morgan fingerprint density at radius 3 is 2.36 bits per heavy atom. The van der Waals surface area contributed by atoms with Crippen LogP contribution in [-0.2, 0) is 0 Å². The molecular weight excluding hydrogens is 134 g/mol. The molecule has 60 valence electrons. The summed E-state index contributed by atoms with van der Waals surface area (Å²) in [6.45, 7) is 11.4. The summed E-state index contributed by atoms with van der Waals surface area (Å²) in [4.78, 5) is 4.01. The molecule has 0 aromatic rings. The standard InChI is InChI=1S/C10H15N/c1-5-7-11-8-10(6-2)9(3)4/h5-9H,1-2H2,3-4H3/b10-8+,11-7?. The average molecular weight is 149 g/mol. The molecular formula is C10H15N. The van der Waals surface area contributed by atoms with E-state index in [0.717, 1.165) is 5.57 Å². The number of rotatable bonds is 4. The Morgan fingerprint density at radius 1 is 1.36 bits per heavy atom. The molecule has 0 aliphatic carbocycles. The van der Waals surface area contributed by atoms with Crippen molar-refractivity contribution in [1.29, 1.82) is 0 Å². The summed E-state index contributed by atoms with van der Waals surface area (Å²) in [5, 5.41) is 0. The van der Waals surface area contributed by atoms with E-state index in [4.69, 9.17) is 0 Å². The molecule has 0 saturated heterocycles. The largest absolute Gasteiger partial charge is 0.264 e. The highest BCUT2D eigenvalue weighted by atomic mass is 14.7. The third kappa shape index (κ3) is 4.31. The van der Waals surface area contributed by atoms with Gasteiger partial charge in [0.2, 0.25) is 0 Å². The van der Waals surface area contributed by atoms with Crippen molar-refractivity contribution in [2.75, 3.05) is 0 Å². The van der Waals surface area contributed by atoms with Crippen LogP contribution in [0.5, 0.6) is 0 Å². The van der Waals surface area contributed by atoms with E-state index in [1.807, 2.05) is 6.08 Å². The van der Waals surface area contributed by atoms with Gasteiger partial charge in [-0.1, -0.05) is 39.2 Å². The van der Waals surface area contributed by atoms with Crippen LogP contribution in [0.2, 0.25) is 0 Å². The van der Waals surface area contributed by atoms with Crippen molar-refractivity contribution in [3.8, 4) is 0 Å². The van der Waals surface area contributed by atoms with Crippen LogP contribution < -0.4 is 0 Å². The van der Waals surface area contributed by atoms with Crippen LogP contribution in [0.15, 0.2) is 42.1 Å². The quantitative estimate of drug-likeness (QED) is 0.430.